The molecule has 0 radical (unpaired) electrons. The average Bonchev–Trinajstić information content (AvgIpc) is 3.13. The molecule has 2 aromatic heterocycles. The summed E-state index contributed by atoms with van der Waals surface area (Å²) in [5.41, 5.74) is 0.759. The minimum atomic E-state index is -0.999. The van der Waals surface area contributed by atoms with Crippen molar-refractivity contribution in [3.63, 3.8) is 0 Å². The van der Waals surface area contributed by atoms with Crippen LogP contribution in [0.4, 0.5) is 5.69 Å². The van der Waals surface area contributed by atoms with Crippen LogP contribution in [0.25, 0.3) is 0 Å². The fourth-order valence-corrected chi connectivity index (χ4v) is 2.16. The molecule has 2 heterocycles. The molecule has 0 aromatic carbocycles. The van der Waals surface area contributed by atoms with Crippen LogP contribution < -0.4 is 4.90 Å². The monoisotopic (exact) mass is 258 g/mol. The predicted octanol–water partition coefficient (Wildman–Crippen LogP) is 2.54. The zero-order valence-electron chi connectivity index (χ0n) is 10.3. The number of carboxylic acid groups (broad SMARTS) is 1. The van der Waals surface area contributed by atoms with Crippen LogP contribution in [0.2, 0.25) is 0 Å². The van der Waals surface area contributed by atoms with E-state index in [4.69, 9.17) is 4.42 Å². The lowest BCUT2D eigenvalue weighted by molar-refractivity contribution is 0.0691. The summed E-state index contributed by atoms with van der Waals surface area (Å²) in [5, 5.41) is 9.23. The quantitative estimate of drug-likeness (QED) is 0.892. The van der Waals surface area contributed by atoms with Crippen LogP contribution in [0.5, 0.6) is 0 Å². The van der Waals surface area contributed by atoms with E-state index < -0.39 is 5.97 Å². The molecule has 0 unspecified atom stereocenters. The Bertz CT molecular complexity index is 576. The van der Waals surface area contributed by atoms with E-state index in [2.05, 4.69) is 9.88 Å². The van der Waals surface area contributed by atoms with Gasteiger partial charge in [-0.2, -0.15) is 0 Å². The highest BCUT2D eigenvalue weighted by Gasteiger charge is 2.32. The molecule has 19 heavy (non-hydrogen) atoms. The smallest absolute Gasteiger partial charge is 0.356 e. The molecule has 0 aliphatic heterocycles. The number of anilines is 1. The Hall–Kier alpha value is -2.30. The Morgan fingerprint density at radius 1 is 1.42 bits per heavy atom. The van der Waals surface area contributed by atoms with Crippen molar-refractivity contribution in [3.05, 3.63) is 48.2 Å². The fraction of sp³-hybridized carbons (Fsp3) is 0.286. The van der Waals surface area contributed by atoms with E-state index in [1.165, 1.54) is 6.20 Å². The van der Waals surface area contributed by atoms with Gasteiger partial charge in [-0.15, -0.1) is 0 Å². The summed E-state index contributed by atoms with van der Waals surface area (Å²) in [6.07, 6.45) is 5.29. The van der Waals surface area contributed by atoms with Crippen LogP contribution in [0.3, 0.4) is 0 Å². The number of pyridine rings is 1. The van der Waals surface area contributed by atoms with Gasteiger partial charge in [-0.3, -0.25) is 0 Å². The van der Waals surface area contributed by atoms with Gasteiger partial charge in [0, 0.05) is 12.2 Å². The molecule has 5 heteroatoms. The molecule has 1 N–H and O–H groups in total. The second kappa shape index (κ2) is 4.76. The van der Waals surface area contributed by atoms with Crippen molar-refractivity contribution >= 4 is 11.7 Å². The molecule has 0 saturated heterocycles. The maximum absolute atomic E-state index is 11.3. The van der Waals surface area contributed by atoms with Crippen LogP contribution in [-0.2, 0) is 6.54 Å². The molecular weight excluding hydrogens is 244 g/mol. The second-order valence-electron chi connectivity index (χ2n) is 4.61. The van der Waals surface area contributed by atoms with Gasteiger partial charge in [0.25, 0.3) is 0 Å². The standard InChI is InChI=1S/C14H14N2O3/c17-14(18)13-12(4-1-7-15-13)16(10-5-6-10)9-11-3-2-8-19-11/h1-4,7-8,10H,5-6,9H2,(H,17,18). The lowest BCUT2D eigenvalue weighted by Gasteiger charge is -2.24. The first-order valence-electron chi connectivity index (χ1n) is 6.23. The summed E-state index contributed by atoms with van der Waals surface area (Å²) in [6, 6.07) is 7.68. The van der Waals surface area contributed by atoms with Crippen molar-refractivity contribution in [1.29, 1.82) is 0 Å². The van der Waals surface area contributed by atoms with Crippen LogP contribution in [0.15, 0.2) is 41.1 Å². The van der Waals surface area contributed by atoms with Crippen LogP contribution in [0.1, 0.15) is 29.1 Å². The summed E-state index contributed by atoms with van der Waals surface area (Å²) in [7, 11) is 0. The Morgan fingerprint density at radius 2 is 2.26 bits per heavy atom. The third-order valence-corrected chi connectivity index (χ3v) is 3.19. The Kier molecular flexibility index (Phi) is 2.95. The molecule has 98 valence electrons. The molecule has 0 atom stereocenters. The van der Waals surface area contributed by atoms with E-state index in [-0.39, 0.29) is 5.69 Å². The molecular formula is C14H14N2O3. The summed E-state index contributed by atoms with van der Waals surface area (Å²) in [4.78, 5) is 17.3. The highest BCUT2D eigenvalue weighted by Crippen LogP contribution is 2.34. The molecule has 3 rings (SSSR count). The minimum Gasteiger partial charge on any atom is -0.476 e. The van der Waals surface area contributed by atoms with E-state index >= 15 is 0 Å². The van der Waals surface area contributed by atoms with Crippen molar-refractivity contribution in [1.82, 2.24) is 4.98 Å². The Morgan fingerprint density at radius 3 is 2.89 bits per heavy atom. The SMILES string of the molecule is O=C(O)c1ncccc1N(Cc1ccco1)C1CC1. The molecule has 1 saturated carbocycles. The molecule has 1 fully saturated rings. The van der Waals surface area contributed by atoms with Crippen molar-refractivity contribution in [2.24, 2.45) is 0 Å². The number of hydrogen-bond donors (Lipinski definition) is 1. The first-order chi connectivity index (χ1) is 9.25. The van der Waals surface area contributed by atoms with Crippen LogP contribution in [-0.4, -0.2) is 22.1 Å². The molecule has 1 aliphatic rings. The van der Waals surface area contributed by atoms with Gasteiger partial charge in [0.2, 0.25) is 0 Å². The van der Waals surface area contributed by atoms with Crippen molar-refractivity contribution < 1.29 is 14.3 Å². The third-order valence-electron chi connectivity index (χ3n) is 3.19. The van der Waals surface area contributed by atoms with Crippen LogP contribution in [0, 0.1) is 0 Å². The van der Waals surface area contributed by atoms with Gasteiger partial charge < -0.3 is 14.4 Å². The van der Waals surface area contributed by atoms with Crippen molar-refractivity contribution in [3.8, 4) is 0 Å². The number of carbonyl (C=O) groups is 1. The lowest BCUT2D eigenvalue weighted by atomic mass is 10.2. The average molecular weight is 258 g/mol. The molecule has 1 aliphatic carbocycles. The van der Waals surface area contributed by atoms with Gasteiger partial charge in [0.1, 0.15) is 5.76 Å². The maximum atomic E-state index is 11.3. The largest absolute Gasteiger partial charge is 0.476 e. The fourth-order valence-electron chi connectivity index (χ4n) is 2.16. The van der Waals surface area contributed by atoms with Crippen molar-refractivity contribution in [2.45, 2.75) is 25.4 Å². The first-order valence-corrected chi connectivity index (χ1v) is 6.23. The normalized spacial score (nSPS) is 14.3. The summed E-state index contributed by atoms with van der Waals surface area (Å²) >= 11 is 0. The van der Waals surface area contributed by atoms with Crippen molar-refractivity contribution in [2.75, 3.05) is 4.90 Å². The first kappa shape index (κ1) is 11.8. The Balaban J connectivity index is 1.94. The van der Waals surface area contributed by atoms with E-state index in [1.807, 2.05) is 12.1 Å². The number of hydrogen-bond acceptors (Lipinski definition) is 4. The second-order valence-corrected chi connectivity index (χ2v) is 4.61. The Labute approximate surface area is 110 Å². The summed E-state index contributed by atoms with van der Waals surface area (Å²) < 4.78 is 5.35. The zero-order chi connectivity index (χ0) is 13.2. The molecule has 5 nitrogen and oxygen atoms in total. The number of nitrogens with zero attached hydrogens (tertiary/aromatic N) is 2. The van der Waals surface area contributed by atoms with Gasteiger partial charge in [-0.05, 0) is 37.1 Å². The number of carboxylic acids is 1. The van der Waals surface area contributed by atoms with Gasteiger partial charge in [-0.25, -0.2) is 9.78 Å². The van der Waals surface area contributed by atoms with Gasteiger partial charge in [-0.1, -0.05) is 0 Å². The zero-order valence-corrected chi connectivity index (χ0v) is 10.3. The summed E-state index contributed by atoms with van der Waals surface area (Å²) in [6.45, 7) is 0.573. The lowest BCUT2D eigenvalue weighted by Crippen LogP contribution is -2.27. The number of furan rings is 1. The molecule has 0 bridgehead atoms. The van der Waals surface area contributed by atoms with Gasteiger partial charge in [0.05, 0.1) is 18.5 Å². The minimum absolute atomic E-state index is 0.0981. The van der Waals surface area contributed by atoms with E-state index in [1.54, 1.807) is 18.4 Å². The summed E-state index contributed by atoms with van der Waals surface area (Å²) in [5.74, 6) is -0.173. The van der Waals surface area contributed by atoms with E-state index in [0.717, 1.165) is 18.6 Å². The number of aromatic nitrogens is 1. The highest BCUT2D eigenvalue weighted by atomic mass is 16.4. The topological polar surface area (TPSA) is 66.6 Å². The van der Waals surface area contributed by atoms with Gasteiger partial charge >= 0.3 is 5.97 Å². The molecule has 2 aromatic rings. The maximum Gasteiger partial charge on any atom is 0.356 e. The van der Waals surface area contributed by atoms with E-state index in [0.29, 0.717) is 18.3 Å². The number of rotatable bonds is 5. The number of aromatic carboxylic acids is 1. The molecule has 0 amide bonds. The van der Waals surface area contributed by atoms with Gasteiger partial charge in [0.15, 0.2) is 5.69 Å². The van der Waals surface area contributed by atoms with Crippen LogP contribution >= 0.6 is 0 Å². The highest BCUT2D eigenvalue weighted by molar-refractivity contribution is 5.92. The molecule has 0 spiro atoms. The third kappa shape index (κ3) is 2.45. The van der Waals surface area contributed by atoms with E-state index in [9.17, 15) is 9.90 Å². The predicted molar refractivity (Wildman–Crippen MR) is 69.1 cm³/mol.